The highest BCUT2D eigenvalue weighted by Crippen LogP contribution is 2.59. The van der Waals surface area contributed by atoms with E-state index in [4.69, 9.17) is 20.9 Å². The van der Waals surface area contributed by atoms with Crippen LogP contribution in [-0.4, -0.2) is 10.2 Å². The lowest BCUT2D eigenvalue weighted by Crippen LogP contribution is -2.31. The molecule has 0 saturated carbocycles. The van der Waals surface area contributed by atoms with Gasteiger partial charge in [0.2, 0.25) is 0 Å². The molecule has 0 spiro atoms. The van der Waals surface area contributed by atoms with Crippen molar-refractivity contribution >= 4 is 11.4 Å². The van der Waals surface area contributed by atoms with Crippen molar-refractivity contribution < 1.29 is 19.7 Å². The SMILES string of the molecule is Nc1ccc(Oc2ccc(C3(c4ccc(Oc5ccc(N)c(O)c5)cc4)c4c(ccc(C#Cc5ccccc5)c4C#Cc4ccccc4)-c4ccc(C#Cc5ccccc5)c(C#Cc5ccccc5)c43)cc2)cc1O. The Labute approximate surface area is 436 Å². The van der Waals surface area contributed by atoms with Crippen molar-refractivity contribution in [2.24, 2.45) is 0 Å². The Morgan fingerprint density at radius 2 is 0.640 bits per heavy atom. The van der Waals surface area contributed by atoms with E-state index in [1.165, 1.54) is 12.1 Å². The Balaban J connectivity index is 1.24. The molecule has 10 aromatic carbocycles. The third-order valence-corrected chi connectivity index (χ3v) is 12.9. The number of aromatic hydroxyl groups is 2. The summed E-state index contributed by atoms with van der Waals surface area (Å²) in [6, 6.07) is 73.8. The number of ether oxygens (including phenoxy) is 2. The fraction of sp³-hybridized carbons (Fsp3) is 0.0145. The first-order valence-corrected chi connectivity index (χ1v) is 24.2. The molecular formula is C69H44N2O4. The van der Waals surface area contributed by atoms with Gasteiger partial charge in [0.25, 0.3) is 0 Å². The van der Waals surface area contributed by atoms with Gasteiger partial charge in [-0.05, 0) is 143 Å². The average molecular weight is 965 g/mol. The minimum absolute atomic E-state index is 0.0755. The molecule has 10 aromatic rings. The van der Waals surface area contributed by atoms with Crippen LogP contribution in [0.4, 0.5) is 11.4 Å². The zero-order chi connectivity index (χ0) is 51.1. The van der Waals surface area contributed by atoms with Crippen LogP contribution >= 0.6 is 0 Å². The molecule has 0 fully saturated rings. The first kappa shape index (κ1) is 46.6. The molecular weight excluding hydrogens is 921 g/mol. The first-order valence-electron chi connectivity index (χ1n) is 24.2. The maximum atomic E-state index is 10.5. The predicted octanol–water partition coefficient (Wildman–Crippen LogP) is 13.8. The second-order valence-electron chi connectivity index (χ2n) is 17.7. The molecule has 0 saturated heterocycles. The fourth-order valence-electron chi connectivity index (χ4n) is 9.40. The maximum Gasteiger partial charge on any atom is 0.142 e. The normalized spacial score (nSPS) is 11.4. The number of benzene rings is 10. The van der Waals surface area contributed by atoms with Crippen molar-refractivity contribution in [3.63, 3.8) is 0 Å². The fourth-order valence-corrected chi connectivity index (χ4v) is 9.40. The van der Waals surface area contributed by atoms with Crippen molar-refractivity contribution in [1.82, 2.24) is 0 Å². The predicted molar refractivity (Wildman–Crippen MR) is 299 cm³/mol. The van der Waals surface area contributed by atoms with Gasteiger partial charge in [-0.15, -0.1) is 0 Å². The quantitative estimate of drug-likeness (QED) is 0.0751. The highest BCUT2D eigenvalue weighted by Gasteiger charge is 2.50. The summed E-state index contributed by atoms with van der Waals surface area (Å²) in [5.41, 5.74) is 23.1. The largest absolute Gasteiger partial charge is 0.506 e. The summed E-state index contributed by atoms with van der Waals surface area (Å²) in [5, 5.41) is 21.0. The van der Waals surface area contributed by atoms with Crippen molar-refractivity contribution in [1.29, 1.82) is 0 Å². The molecule has 0 aromatic heterocycles. The van der Waals surface area contributed by atoms with Crippen LogP contribution in [-0.2, 0) is 5.41 Å². The zero-order valence-corrected chi connectivity index (χ0v) is 40.3. The van der Waals surface area contributed by atoms with Crippen LogP contribution in [0.2, 0.25) is 0 Å². The van der Waals surface area contributed by atoms with Gasteiger partial charge < -0.3 is 31.2 Å². The van der Waals surface area contributed by atoms with Crippen molar-refractivity contribution in [3.8, 4) is 93.0 Å². The molecule has 354 valence electrons. The summed E-state index contributed by atoms with van der Waals surface area (Å²) in [4.78, 5) is 0. The van der Waals surface area contributed by atoms with Crippen LogP contribution in [0.3, 0.4) is 0 Å². The van der Waals surface area contributed by atoms with Crippen LogP contribution in [0.1, 0.15) is 66.8 Å². The van der Waals surface area contributed by atoms with Crippen LogP contribution in [0.15, 0.2) is 231 Å². The van der Waals surface area contributed by atoms with Crippen LogP contribution in [0.25, 0.3) is 11.1 Å². The molecule has 1 aliphatic carbocycles. The average Bonchev–Trinajstić information content (AvgIpc) is 3.76. The highest BCUT2D eigenvalue weighted by atomic mass is 16.5. The third kappa shape index (κ3) is 9.59. The second-order valence-corrected chi connectivity index (χ2v) is 17.7. The minimum Gasteiger partial charge on any atom is -0.506 e. The van der Waals surface area contributed by atoms with E-state index in [9.17, 15) is 10.2 Å². The third-order valence-electron chi connectivity index (χ3n) is 12.9. The molecule has 0 bridgehead atoms. The van der Waals surface area contributed by atoms with E-state index in [-0.39, 0.29) is 22.9 Å². The smallest absolute Gasteiger partial charge is 0.142 e. The zero-order valence-electron chi connectivity index (χ0n) is 40.3. The molecule has 6 N–H and O–H groups in total. The van der Waals surface area contributed by atoms with Gasteiger partial charge in [-0.2, -0.15) is 0 Å². The summed E-state index contributed by atoms with van der Waals surface area (Å²) >= 11 is 0. The summed E-state index contributed by atoms with van der Waals surface area (Å²) in [6.45, 7) is 0. The van der Waals surface area contributed by atoms with Gasteiger partial charge >= 0.3 is 0 Å². The van der Waals surface area contributed by atoms with Gasteiger partial charge in [0.05, 0.1) is 16.8 Å². The van der Waals surface area contributed by atoms with E-state index in [1.54, 1.807) is 24.3 Å². The van der Waals surface area contributed by atoms with Crippen molar-refractivity contribution in [2.45, 2.75) is 5.41 Å². The number of hydrogen-bond acceptors (Lipinski definition) is 6. The summed E-state index contributed by atoms with van der Waals surface area (Å²) in [7, 11) is 0. The number of phenols is 2. The Hall–Kier alpha value is -10.8. The minimum atomic E-state index is -1.17. The van der Waals surface area contributed by atoms with Gasteiger partial charge in [-0.1, -0.05) is 157 Å². The summed E-state index contributed by atoms with van der Waals surface area (Å²) < 4.78 is 12.7. The molecule has 0 amide bonds. The second kappa shape index (κ2) is 20.5. The van der Waals surface area contributed by atoms with E-state index in [1.807, 2.05) is 146 Å². The Bertz CT molecular complexity index is 3770. The standard InChI is InChI=1S/C69H44N2O4/c70-63-43-37-57(45-65(63)72)74-55-33-29-53(30-34-55)69(54-31-35-56(36-32-54)75-58-38-44-64(71)66(73)46-58)67-59(39-23-49-17-9-3-10-18-49)51(25-21-47-13-5-1-6-14-47)27-41-61(67)62-42-28-52(26-22-48-15-7-2-8-16-48)60(68(62)69)40-24-50-19-11-4-12-20-50/h1-20,27-38,41-46,72-73H,70-71H2. The number of fused-ring (bicyclic) bond motifs is 3. The Morgan fingerprint density at radius 3 is 0.973 bits per heavy atom. The number of anilines is 2. The number of rotatable bonds is 6. The number of nitrogen functional groups attached to an aromatic ring is 2. The molecule has 0 atom stereocenters. The lowest BCUT2D eigenvalue weighted by atomic mass is 9.65. The number of phenolic OH excluding ortho intramolecular Hbond substituents is 2. The van der Waals surface area contributed by atoms with E-state index in [2.05, 4.69) is 95.9 Å². The molecule has 0 aliphatic heterocycles. The van der Waals surface area contributed by atoms with Crippen molar-refractivity contribution in [3.05, 3.63) is 297 Å². The van der Waals surface area contributed by atoms with E-state index < -0.39 is 5.41 Å². The molecule has 6 nitrogen and oxygen atoms in total. The molecule has 1 aliphatic rings. The van der Waals surface area contributed by atoms with Crippen LogP contribution < -0.4 is 20.9 Å². The highest BCUT2D eigenvalue weighted by molar-refractivity contribution is 5.92. The van der Waals surface area contributed by atoms with Gasteiger partial charge in [-0.25, -0.2) is 0 Å². The number of hydrogen-bond donors (Lipinski definition) is 4. The lowest BCUT2D eigenvalue weighted by molar-refractivity contribution is 0.456. The topological polar surface area (TPSA) is 111 Å². The van der Waals surface area contributed by atoms with Gasteiger partial charge in [0.1, 0.15) is 34.5 Å². The van der Waals surface area contributed by atoms with Gasteiger partial charge in [-0.3, -0.25) is 0 Å². The molecule has 6 heteroatoms. The molecule has 0 unspecified atom stereocenters. The molecule has 0 heterocycles. The van der Waals surface area contributed by atoms with Crippen LogP contribution in [0.5, 0.6) is 34.5 Å². The monoisotopic (exact) mass is 964 g/mol. The van der Waals surface area contributed by atoms with Crippen molar-refractivity contribution in [2.75, 3.05) is 11.5 Å². The first-order chi connectivity index (χ1) is 36.8. The molecule has 75 heavy (non-hydrogen) atoms. The lowest BCUT2D eigenvalue weighted by Gasteiger charge is -2.36. The Kier molecular flexibility index (Phi) is 12.8. The molecule has 0 radical (unpaired) electrons. The van der Waals surface area contributed by atoms with Gasteiger partial charge in [0.15, 0.2) is 0 Å². The van der Waals surface area contributed by atoms with Gasteiger partial charge in [0, 0.05) is 56.6 Å². The van der Waals surface area contributed by atoms with E-state index in [0.29, 0.717) is 23.0 Å². The van der Waals surface area contributed by atoms with Crippen LogP contribution in [0, 0.1) is 47.4 Å². The maximum absolute atomic E-state index is 10.5. The number of nitrogens with two attached hydrogens (primary N) is 2. The van der Waals surface area contributed by atoms with E-state index in [0.717, 1.165) is 77.9 Å². The van der Waals surface area contributed by atoms with E-state index >= 15 is 0 Å². The Morgan fingerprint density at radius 1 is 0.320 bits per heavy atom. The summed E-state index contributed by atoms with van der Waals surface area (Å²) in [6.07, 6.45) is 0. The summed E-state index contributed by atoms with van der Waals surface area (Å²) in [5.74, 6) is 30.2. The molecule has 11 rings (SSSR count).